The summed E-state index contributed by atoms with van der Waals surface area (Å²) in [7, 11) is 0. The molecule has 11 heteroatoms. The Morgan fingerprint density at radius 3 is 2.62 bits per heavy atom. The Labute approximate surface area is 190 Å². The van der Waals surface area contributed by atoms with Gasteiger partial charge in [0, 0.05) is 17.7 Å². The molecule has 0 aliphatic carbocycles. The zero-order chi connectivity index (χ0) is 23.0. The number of hydrogen-bond donors (Lipinski definition) is 1. The van der Waals surface area contributed by atoms with E-state index in [0.717, 1.165) is 11.0 Å². The van der Waals surface area contributed by atoms with E-state index >= 15 is 0 Å². The van der Waals surface area contributed by atoms with Crippen LogP contribution in [-0.4, -0.2) is 21.9 Å². The van der Waals surface area contributed by atoms with E-state index in [-0.39, 0.29) is 44.2 Å². The van der Waals surface area contributed by atoms with Gasteiger partial charge < -0.3 is 4.42 Å². The van der Waals surface area contributed by atoms with Gasteiger partial charge in [0.25, 0.3) is 17.5 Å². The van der Waals surface area contributed by atoms with E-state index in [1.165, 1.54) is 54.6 Å². The third kappa shape index (κ3) is 3.88. The number of nitro benzene ring substituents is 1. The van der Waals surface area contributed by atoms with Crippen LogP contribution in [0.4, 0.5) is 15.8 Å². The second kappa shape index (κ2) is 8.33. The molecule has 0 radical (unpaired) electrons. The predicted molar refractivity (Wildman–Crippen MR) is 118 cm³/mol. The number of para-hydroxylation sites is 1. The molecular weight excluding hydrogens is 461 g/mol. The number of thiocarbonyl (C=S) groups is 1. The highest BCUT2D eigenvalue weighted by molar-refractivity contribution is 7.80. The van der Waals surface area contributed by atoms with Crippen molar-refractivity contribution in [2.45, 2.75) is 0 Å². The van der Waals surface area contributed by atoms with Crippen LogP contribution in [0.5, 0.6) is 0 Å². The second-order valence-corrected chi connectivity index (χ2v) is 7.33. The highest BCUT2D eigenvalue weighted by Gasteiger charge is 2.36. The van der Waals surface area contributed by atoms with Gasteiger partial charge in [-0.05, 0) is 48.6 Å². The van der Waals surface area contributed by atoms with Crippen molar-refractivity contribution in [3.63, 3.8) is 0 Å². The van der Waals surface area contributed by atoms with Gasteiger partial charge >= 0.3 is 0 Å². The number of non-ortho nitro benzene ring substituents is 1. The van der Waals surface area contributed by atoms with Crippen molar-refractivity contribution in [3.05, 3.63) is 86.9 Å². The molecule has 8 nitrogen and oxygen atoms in total. The molecule has 0 unspecified atom stereocenters. The summed E-state index contributed by atoms with van der Waals surface area (Å²) >= 11 is 11.2. The topological polar surface area (TPSA) is 106 Å². The summed E-state index contributed by atoms with van der Waals surface area (Å²) in [6, 6.07) is 12.3. The SMILES string of the molecule is O=C1NC(=S)N(c2ccccc2F)C(=O)C1=Cc1ccc(-c2cc([N+](=O)[O-])ccc2Cl)o1. The lowest BCUT2D eigenvalue weighted by Crippen LogP contribution is -2.54. The minimum Gasteiger partial charge on any atom is -0.457 e. The van der Waals surface area contributed by atoms with Crippen molar-refractivity contribution >= 4 is 58.2 Å². The molecule has 32 heavy (non-hydrogen) atoms. The lowest BCUT2D eigenvalue weighted by atomic mass is 10.1. The maximum Gasteiger partial charge on any atom is 0.270 e. The van der Waals surface area contributed by atoms with Crippen LogP contribution in [0.25, 0.3) is 17.4 Å². The second-order valence-electron chi connectivity index (χ2n) is 6.53. The van der Waals surface area contributed by atoms with Crippen LogP contribution in [0.1, 0.15) is 5.76 Å². The predicted octanol–water partition coefficient (Wildman–Crippen LogP) is 4.48. The third-order valence-electron chi connectivity index (χ3n) is 4.53. The van der Waals surface area contributed by atoms with Gasteiger partial charge in [0.1, 0.15) is 22.9 Å². The van der Waals surface area contributed by atoms with Crippen molar-refractivity contribution in [2.24, 2.45) is 0 Å². The summed E-state index contributed by atoms with van der Waals surface area (Å²) < 4.78 is 19.9. The number of nitrogens with zero attached hydrogens (tertiary/aromatic N) is 2. The Balaban J connectivity index is 1.71. The number of hydrogen-bond acceptors (Lipinski definition) is 6. The van der Waals surface area contributed by atoms with E-state index in [2.05, 4.69) is 5.32 Å². The smallest absolute Gasteiger partial charge is 0.270 e. The lowest BCUT2D eigenvalue weighted by Gasteiger charge is -2.28. The minimum atomic E-state index is -0.838. The van der Waals surface area contributed by atoms with Crippen LogP contribution in [0, 0.1) is 15.9 Å². The Morgan fingerprint density at radius 2 is 1.91 bits per heavy atom. The van der Waals surface area contributed by atoms with Gasteiger partial charge in [-0.3, -0.25) is 25.0 Å². The third-order valence-corrected chi connectivity index (χ3v) is 5.15. The molecule has 1 N–H and O–H groups in total. The first-order valence-corrected chi connectivity index (χ1v) is 9.75. The summed E-state index contributed by atoms with van der Waals surface area (Å²) in [5.74, 6) is -2.02. The molecule has 1 saturated heterocycles. The number of rotatable bonds is 4. The first kappa shape index (κ1) is 21.3. The fourth-order valence-corrected chi connectivity index (χ4v) is 3.53. The van der Waals surface area contributed by atoms with E-state index in [1.54, 1.807) is 0 Å². The molecule has 1 fully saturated rings. The van der Waals surface area contributed by atoms with Gasteiger partial charge in [-0.25, -0.2) is 9.29 Å². The van der Waals surface area contributed by atoms with E-state index < -0.39 is 22.6 Å². The van der Waals surface area contributed by atoms with Gasteiger partial charge in [-0.1, -0.05) is 23.7 Å². The molecule has 4 rings (SSSR count). The van der Waals surface area contributed by atoms with E-state index in [1.807, 2.05) is 0 Å². The fourth-order valence-electron chi connectivity index (χ4n) is 3.04. The highest BCUT2D eigenvalue weighted by atomic mass is 35.5. The van der Waals surface area contributed by atoms with Gasteiger partial charge in [-0.15, -0.1) is 0 Å². The number of carbonyl (C=O) groups excluding carboxylic acids is 2. The maximum absolute atomic E-state index is 14.2. The standard InChI is InChI=1S/C21H11ClFN3O5S/c22-15-7-5-11(26(29)30)9-13(15)18-8-6-12(31-18)10-14-19(27)24-21(32)25(20(14)28)17-4-2-1-3-16(17)23/h1-10H,(H,24,27,32). The molecule has 0 spiro atoms. The molecule has 0 saturated carbocycles. The average molecular weight is 472 g/mol. The quantitative estimate of drug-likeness (QED) is 0.198. The molecule has 3 aromatic rings. The van der Waals surface area contributed by atoms with E-state index in [9.17, 15) is 24.1 Å². The Morgan fingerprint density at radius 1 is 1.16 bits per heavy atom. The van der Waals surface area contributed by atoms with Crippen LogP contribution in [0.3, 0.4) is 0 Å². The largest absolute Gasteiger partial charge is 0.457 e. The van der Waals surface area contributed by atoms with Crippen molar-refractivity contribution in [2.75, 3.05) is 4.90 Å². The number of amides is 2. The van der Waals surface area contributed by atoms with Gasteiger partial charge in [0.2, 0.25) is 0 Å². The molecule has 0 bridgehead atoms. The zero-order valence-corrected chi connectivity index (χ0v) is 17.4. The van der Waals surface area contributed by atoms with Crippen LogP contribution in [-0.2, 0) is 9.59 Å². The average Bonchev–Trinajstić information content (AvgIpc) is 3.21. The summed E-state index contributed by atoms with van der Waals surface area (Å²) in [4.78, 5) is 36.7. The normalized spacial score (nSPS) is 15.2. The molecule has 160 valence electrons. The van der Waals surface area contributed by atoms with Crippen molar-refractivity contribution in [1.29, 1.82) is 0 Å². The molecule has 2 amide bonds. The van der Waals surface area contributed by atoms with Crippen molar-refractivity contribution in [1.82, 2.24) is 5.32 Å². The number of carbonyl (C=O) groups is 2. The number of nitro groups is 1. The van der Waals surface area contributed by atoms with E-state index in [0.29, 0.717) is 0 Å². The zero-order valence-electron chi connectivity index (χ0n) is 15.9. The molecule has 0 atom stereocenters. The number of benzene rings is 2. The minimum absolute atomic E-state index is 0.0994. The maximum atomic E-state index is 14.2. The van der Waals surface area contributed by atoms with Crippen LogP contribution < -0.4 is 10.2 Å². The van der Waals surface area contributed by atoms with Crippen LogP contribution >= 0.6 is 23.8 Å². The number of halogens is 2. The first-order valence-electron chi connectivity index (χ1n) is 8.96. The van der Waals surface area contributed by atoms with Gasteiger partial charge in [0.15, 0.2) is 5.11 Å². The summed E-state index contributed by atoms with van der Waals surface area (Å²) in [5, 5.41) is 13.3. The molecule has 1 aromatic heterocycles. The monoisotopic (exact) mass is 471 g/mol. The number of anilines is 1. The first-order chi connectivity index (χ1) is 15.3. The fraction of sp³-hybridized carbons (Fsp3) is 0. The van der Waals surface area contributed by atoms with Gasteiger partial charge in [0.05, 0.1) is 15.6 Å². The lowest BCUT2D eigenvalue weighted by molar-refractivity contribution is -0.384. The Hall–Kier alpha value is -3.89. The van der Waals surface area contributed by atoms with E-state index in [4.69, 9.17) is 28.2 Å². The summed E-state index contributed by atoms with van der Waals surface area (Å²) in [6.45, 7) is 0. The van der Waals surface area contributed by atoms with Crippen LogP contribution in [0.15, 0.2) is 64.6 Å². The summed E-state index contributed by atoms with van der Waals surface area (Å²) in [5.41, 5.74) is -0.375. The molecule has 1 aliphatic heterocycles. The Bertz CT molecular complexity index is 1340. The summed E-state index contributed by atoms with van der Waals surface area (Å²) in [6.07, 6.45) is 1.17. The Kier molecular flexibility index (Phi) is 5.56. The van der Waals surface area contributed by atoms with Crippen molar-refractivity contribution < 1.29 is 23.3 Å². The number of nitrogens with one attached hydrogen (secondary N) is 1. The van der Waals surface area contributed by atoms with Gasteiger partial charge in [-0.2, -0.15) is 0 Å². The molecular formula is C21H11ClFN3O5S. The molecule has 2 heterocycles. The van der Waals surface area contributed by atoms with Crippen molar-refractivity contribution in [3.8, 4) is 11.3 Å². The molecule has 2 aromatic carbocycles. The number of furan rings is 1. The molecule has 1 aliphatic rings. The highest BCUT2D eigenvalue weighted by Crippen LogP contribution is 2.33. The van der Waals surface area contributed by atoms with Crippen LogP contribution in [0.2, 0.25) is 5.02 Å².